The minimum absolute atomic E-state index is 0.241. The van der Waals surface area contributed by atoms with E-state index in [2.05, 4.69) is 58.6 Å². The van der Waals surface area contributed by atoms with E-state index in [0.29, 0.717) is 0 Å². The van der Waals surface area contributed by atoms with Gasteiger partial charge in [0.15, 0.2) is 5.96 Å². The molecular weight excluding hydrogens is 344 g/mol. The van der Waals surface area contributed by atoms with Crippen LogP contribution in [0.2, 0.25) is 0 Å². The highest BCUT2D eigenvalue weighted by Gasteiger charge is 2.32. The van der Waals surface area contributed by atoms with E-state index in [9.17, 15) is 0 Å². The van der Waals surface area contributed by atoms with Crippen molar-refractivity contribution in [3.63, 3.8) is 0 Å². The molecule has 2 heterocycles. The summed E-state index contributed by atoms with van der Waals surface area (Å²) >= 11 is 1.96. The second kappa shape index (κ2) is 9.51. The van der Waals surface area contributed by atoms with Crippen molar-refractivity contribution in [3.05, 3.63) is 30.3 Å². The van der Waals surface area contributed by atoms with Crippen LogP contribution in [0.25, 0.3) is 0 Å². The van der Waals surface area contributed by atoms with Crippen LogP contribution in [-0.4, -0.2) is 74.3 Å². The largest absolute Gasteiger partial charge is 0.381 e. The number of nitrogens with zero attached hydrogens (tertiary/aromatic N) is 3. The van der Waals surface area contributed by atoms with Crippen LogP contribution in [0.4, 0.5) is 5.69 Å². The van der Waals surface area contributed by atoms with Crippen molar-refractivity contribution in [2.24, 2.45) is 4.99 Å². The molecule has 1 aromatic carbocycles. The molecule has 0 unspecified atom stereocenters. The third-order valence-electron chi connectivity index (χ3n) is 5.39. The predicted octanol–water partition coefficient (Wildman–Crippen LogP) is 2.69. The number of guanidine groups is 1. The van der Waals surface area contributed by atoms with Gasteiger partial charge in [-0.1, -0.05) is 18.2 Å². The van der Waals surface area contributed by atoms with Gasteiger partial charge in [0.2, 0.25) is 0 Å². The molecule has 2 saturated heterocycles. The summed E-state index contributed by atoms with van der Waals surface area (Å²) in [5, 5.41) is 3.50. The third-order valence-corrected chi connectivity index (χ3v) is 6.79. The number of anilines is 1. The lowest BCUT2D eigenvalue weighted by Gasteiger charge is -2.39. The molecule has 1 aromatic rings. The molecule has 0 amide bonds. The molecule has 6 heteroatoms. The minimum atomic E-state index is 0.241. The summed E-state index contributed by atoms with van der Waals surface area (Å²) in [4.78, 5) is 9.91. The van der Waals surface area contributed by atoms with Crippen molar-refractivity contribution < 1.29 is 4.74 Å². The van der Waals surface area contributed by atoms with Crippen LogP contribution in [0.1, 0.15) is 19.8 Å². The standard InChI is InChI=1S/C20H32N4OS/c1-3-21-19(22-17-20(26-2)9-15-25-16-10-20)24-13-11-23(12-14-24)18-7-5-4-6-8-18/h4-8H,3,9-17H2,1-2H3,(H,21,22). The number of aliphatic imine (C=N–C) groups is 1. The Morgan fingerprint density at radius 1 is 1.15 bits per heavy atom. The number of rotatable bonds is 5. The third kappa shape index (κ3) is 4.86. The number of ether oxygens (including phenoxy) is 1. The van der Waals surface area contributed by atoms with Gasteiger partial charge in [-0.15, -0.1) is 0 Å². The van der Waals surface area contributed by atoms with Gasteiger partial charge in [-0.05, 0) is 38.2 Å². The van der Waals surface area contributed by atoms with Crippen molar-refractivity contribution in [2.45, 2.75) is 24.5 Å². The molecule has 26 heavy (non-hydrogen) atoms. The second-order valence-corrected chi connectivity index (χ2v) is 8.25. The fraction of sp³-hybridized carbons (Fsp3) is 0.650. The molecule has 0 radical (unpaired) electrons. The highest BCUT2D eigenvalue weighted by atomic mass is 32.2. The first-order valence-electron chi connectivity index (χ1n) is 9.72. The highest BCUT2D eigenvalue weighted by molar-refractivity contribution is 8.00. The molecule has 144 valence electrons. The monoisotopic (exact) mass is 376 g/mol. The molecule has 2 fully saturated rings. The van der Waals surface area contributed by atoms with E-state index in [1.807, 2.05) is 11.8 Å². The van der Waals surface area contributed by atoms with E-state index in [4.69, 9.17) is 9.73 Å². The summed E-state index contributed by atoms with van der Waals surface area (Å²) in [6.45, 7) is 9.75. The lowest BCUT2D eigenvalue weighted by Crippen LogP contribution is -2.53. The first kappa shape index (κ1) is 19.4. The lowest BCUT2D eigenvalue weighted by atomic mass is 9.99. The molecule has 2 aliphatic heterocycles. The van der Waals surface area contributed by atoms with Crippen molar-refractivity contribution in [2.75, 3.05) is 63.6 Å². The quantitative estimate of drug-likeness (QED) is 0.632. The number of hydrogen-bond donors (Lipinski definition) is 1. The van der Waals surface area contributed by atoms with E-state index in [0.717, 1.165) is 71.3 Å². The van der Waals surface area contributed by atoms with Gasteiger partial charge in [-0.25, -0.2) is 0 Å². The van der Waals surface area contributed by atoms with Gasteiger partial charge in [0.05, 0.1) is 6.54 Å². The number of hydrogen-bond acceptors (Lipinski definition) is 4. The summed E-state index contributed by atoms with van der Waals surface area (Å²) in [6.07, 6.45) is 4.41. The number of thioether (sulfide) groups is 1. The van der Waals surface area contributed by atoms with Crippen molar-refractivity contribution >= 4 is 23.4 Å². The van der Waals surface area contributed by atoms with Gasteiger partial charge >= 0.3 is 0 Å². The first-order chi connectivity index (χ1) is 12.8. The Morgan fingerprint density at radius 2 is 1.85 bits per heavy atom. The maximum atomic E-state index is 5.56. The lowest BCUT2D eigenvalue weighted by molar-refractivity contribution is 0.0793. The maximum absolute atomic E-state index is 5.56. The Kier molecular flexibility index (Phi) is 7.08. The molecule has 1 N–H and O–H groups in total. The number of benzene rings is 1. The fourth-order valence-corrected chi connectivity index (χ4v) is 4.40. The van der Waals surface area contributed by atoms with Crippen molar-refractivity contribution in [1.29, 1.82) is 0 Å². The Morgan fingerprint density at radius 3 is 2.46 bits per heavy atom. The molecule has 2 aliphatic rings. The molecule has 0 atom stereocenters. The summed E-state index contributed by atoms with van der Waals surface area (Å²) in [5.41, 5.74) is 1.32. The Bertz CT molecular complexity index is 566. The molecule has 0 saturated carbocycles. The topological polar surface area (TPSA) is 40.1 Å². The van der Waals surface area contributed by atoms with Gasteiger partial charge in [-0.2, -0.15) is 11.8 Å². The second-order valence-electron chi connectivity index (χ2n) is 6.98. The van der Waals surface area contributed by atoms with E-state index >= 15 is 0 Å². The van der Waals surface area contributed by atoms with Crippen LogP contribution >= 0.6 is 11.8 Å². The summed E-state index contributed by atoms with van der Waals surface area (Å²) in [6, 6.07) is 10.7. The molecule has 0 spiro atoms. The Hall–Kier alpha value is -1.40. The van der Waals surface area contributed by atoms with E-state index in [1.54, 1.807) is 0 Å². The van der Waals surface area contributed by atoms with Crippen molar-refractivity contribution in [3.8, 4) is 0 Å². The molecule has 0 aromatic heterocycles. The molecular formula is C20H32N4OS. The van der Waals surface area contributed by atoms with Gasteiger partial charge in [-0.3, -0.25) is 4.99 Å². The first-order valence-corrected chi connectivity index (χ1v) is 10.9. The minimum Gasteiger partial charge on any atom is -0.381 e. The molecule has 0 aliphatic carbocycles. The van der Waals surface area contributed by atoms with Gasteiger partial charge in [0, 0.05) is 56.4 Å². The van der Waals surface area contributed by atoms with Crippen LogP contribution in [0.5, 0.6) is 0 Å². The van der Waals surface area contributed by atoms with Crippen LogP contribution in [0, 0.1) is 0 Å². The summed E-state index contributed by atoms with van der Waals surface area (Å²) < 4.78 is 5.80. The molecule has 5 nitrogen and oxygen atoms in total. The van der Waals surface area contributed by atoms with E-state index < -0.39 is 0 Å². The van der Waals surface area contributed by atoms with E-state index in [1.165, 1.54) is 5.69 Å². The maximum Gasteiger partial charge on any atom is 0.194 e. The zero-order valence-electron chi connectivity index (χ0n) is 16.1. The molecule has 3 rings (SSSR count). The van der Waals surface area contributed by atoms with Crippen LogP contribution in [-0.2, 0) is 4.74 Å². The summed E-state index contributed by atoms with van der Waals surface area (Å²) in [7, 11) is 0. The Balaban J connectivity index is 1.61. The zero-order chi connectivity index (χ0) is 18.2. The average molecular weight is 377 g/mol. The highest BCUT2D eigenvalue weighted by Crippen LogP contribution is 2.34. The van der Waals surface area contributed by atoms with Crippen LogP contribution < -0.4 is 10.2 Å². The van der Waals surface area contributed by atoms with Gasteiger partial charge < -0.3 is 19.9 Å². The average Bonchev–Trinajstić information content (AvgIpc) is 2.72. The number of para-hydroxylation sites is 1. The number of piperazine rings is 1. The number of nitrogens with one attached hydrogen (secondary N) is 1. The Labute approximate surface area is 162 Å². The fourth-order valence-electron chi connectivity index (χ4n) is 3.63. The van der Waals surface area contributed by atoms with E-state index in [-0.39, 0.29) is 4.75 Å². The van der Waals surface area contributed by atoms with Gasteiger partial charge in [0.25, 0.3) is 0 Å². The smallest absolute Gasteiger partial charge is 0.194 e. The van der Waals surface area contributed by atoms with Gasteiger partial charge in [0.1, 0.15) is 0 Å². The molecule has 0 bridgehead atoms. The predicted molar refractivity (Wildman–Crippen MR) is 113 cm³/mol. The van der Waals surface area contributed by atoms with Crippen LogP contribution in [0.15, 0.2) is 35.3 Å². The SMILES string of the molecule is CCNC(=NCC1(SC)CCOCC1)N1CCN(c2ccccc2)CC1. The van der Waals surface area contributed by atoms with Crippen LogP contribution in [0.3, 0.4) is 0 Å². The van der Waals surface area contributed by atoms with Crippen molar-refractivity contribution in [1.82, 2.24) is 10.2 Å². The zero-order valence-corrected chi connectivity index (χ0v) is 16.9. The summed E-state index contributed by atoms with van der Waals surface area (Å²) in [5.74, 6) is 1.07. The normalized spacial score (nSPS) is 20.9.